The third kappa shape index (κ3) is 3.84. The standard InChI is InChI=1S/C8H10F7O4P/c9-6(10,7(11,12)8(13,14)15)4-5-2-1-3-18-20(16,17)19-5/h5H,1-4H2,(H,16,17)/p-1. The molecule has 0 radical (unpaired) electrons. The van der Waals surface area contributed by atoms with Crippen LogP contribution in [0.4, 0.5) is 30.7 Å². The molecule has 0 aliphatic carbocycles. The van der Waals surface area contributed by atoms with E-state index in [0.29, 0.717) is 0 Å². The fraction of sp³-hybridized carbons (Fsp3) is 1.00. The Morgan fingerprint density at radius 1 is 1.15 bits per heavy atom. The monoisotopic (exact) mass is 333 g/mol. The van der Waals surface area contributed by atoms with Crippen molar-refractivity contribution in [3.63, 3.8) is 0 Å². The molecular formula is C8H9F7O4P-. The molecule has 1 saturated heterocycles. The molecule has 0 aromatic carbocycles. The molecule has 4 nitrogen and oxygen atoms in total. The Hall–Kier alpha value is -0.380. The van der Waals surface area contributed by atoms with Crippen molar-refractivity contribution in [2.75, 3.05) is 6.61 Å². The molecule has 1 aliphatic heterocycles. The van der Waals surface area contributed by atoms with Gasteiger partial charge in [0.05, 0.1) is 12.7 Å². The number of halogens is 7. The molecule has 1 aliphatic rings. The van der Waals surface area contributed by atoms with E-state index in [-0.39, 0.29) is 6.42 Å². The molecule has 20 heavy (non-hydrogen) atoms. The molecule has 0 aromatic rings. The summed E-state index contributed by atoms with van der Waals surface area (Å²) in [7, 11) is -4.97. The van der Waals surface area contributed by atoms with Gasteiger partial charge in [0.2, 0.25) is 0 Å². The largest absolute Gasteiger partial charge is 0.756 e. The predicted molar refractivity (Wildman–Crippen MR) is 48.2 cm³/mol. The molecule has 1 fully saturated rings. The van der Waals surface area contributed by atoms with Crippen LogP contribution in [0.2, 0.25) is 0 Å². The zero-order valence-electron chi connectivity index (χ0n) is 9.63. The van der Waals surface area contributed by atoms with Crippen LogP contribution in [0, 0.1) is 0 Å². The van der Waals surface area contributed by atoms with Crippen LogP contribution in [0.25, 0.3) is 0 Å². The number of hydrogen-bond acceptors (Lipinski definition) is 4. The Labute approximate surface area is 108 Å². The van der Waals surface area contributed by atoms with E-state index in [1.165, 1.54) is 0 Å². The van der Waals surface area contributed by atoms with Gasteiger partial charge in [0.1, 0.15) is 0 Å². The summed E-state index contributed by atoms with van der Waals surface area (Å²) < 4.78 is 106. The maximum atomic E-state index is 13.1. The van der Waals surface area contributed by atoms with Crippen molar-refractivity contribution in [3.05, 3.63) is 0 Å². The first-order valence-electron chi connectivity index (χ1n) is 5.25. The maximum Gasteiger partial charge on any atom is 0.459 e. The fourth-order valence-corrected chi connectivity index (χ4v) is 2.47. The van der Waals surface area contributed by atoms with Crippen LogP contribution in [-0.4, -0.2) is 30.7 Å². The highest BCUT2D eigenvalue weighted by atomic mass is 31.2. The molecule has 0 saturated carbocycles. The van der Waals surface area contributed by atoms with Gasteiger partial charge in [-0.1, -0.05) is 0 Å². The normalized spacial score (nSPS) is 30.1. The Kier molecular flexibility index (Phi) is 4.80. The van der Waals surface area contributed by atoms with E-state index in [9.17, 15) is 40.2 Å². The summed E-state index contributed by atoms with van der Waals surface area (Å²) >= 11 is 0. The lowest BCUT2D eigenvalue weighted by atomic mass is 10.0. The van der Waals surface area contributed by atoms with Crippen molar-refractivity contribution >= 4 is 7.82 Å². The summed E-state index contributed by atoms with van der Waals surface area (Å²) in [6, 6.07) is 0. The second-order valence-corrected chi connectivity index (χ2v) is 5.49. The first kappa shape index (κ1) is 17.7. The molecule has 120 valence electrons. The average molecular weight is 333 g/mol. The van der Waals surface area contributed by atoms with Crippen molar-refractivity contribution < 1.29 is 49.2 Å². The molecule has 0 bridgehead atoms. The molecule has 0 N–H and O–H groups in total. The maximum absolute atomic E-state index is 13.1. The summed E-state index contributed by atoms with van der Waals surface area (Å²) in [6.07, 6.45) is -11.1. The van der Waals surface area contributed by atoms with Gasteiger partial charge in [0.15, 0.2) is 0 Å². The lowest BCUT2D eigenvalue weighted by molar-refractivity contribution is -0.358. The van der Waals surface area contributed by atoms with E-state index in [4.69, 9.17) is 0 Å². The SMILES string of the molecule is O=P1([O-])OCCCC(CC(F)(F)C(F)(F)C(F)(F)F)O1. The predicted octanol–water partition coefficient (Wildman–Crippen LogP) is 2.87. The number of alkyl halides is 7. The molecule has 0 aromatic heterocycles. The zero-order valence-corrected chi connectivity index (χ0v) is 10.5. The smallest absolute Gasteiger partial charge is 0.459 e. The van der Waals surface area contributed by atoms with Gasteiger partial charge < -0.3 is 13.9 Å². The van der Waals surface area contributed by atoms with Crippen LogP contribution in [-0.2, 0) is 13.6 Å². The summed E-state index contributed by atoms with van der Waals surface area (Å²) in [4.78, 5) is 10.9. The minimum atomic E-state index is -6.46. The van der Waals surface area contributed by atoms with Crippen LogP contribution < -0.4 is 4.89 Å². The van der Waals surface area contributed by atoms with E-state index in [1.807, 2.05) is 0 Å². The number of hydrogen-bond donors (Lipinski definition) is 0. The minimum Gasteiger partial charge on any atom is -0.756 e. The number of phosphoric acid groups is 1. The summed E-state index contributed by atoms with van der Waals surface area (Å²) in [5, 5.41) is 0. The number of phosphoric ester groups is 1. The molecule has 12 heteroatoms. The van der Waals surface area contributed by atoms with Crippen molar-refractivity contribution in [3.8, 4) is 0 Å². The lowest BCUT2D eigenvalue weighted by Crippen LogP contribution is -2.53. The molecule has 2 unspecified atom stereocenters. The second-order valence-electron chi connectivity index (χ2n) is 4.13. The lowest BCUT2D eigenvalue weighted by Gasteiger charge is -2.31. The molecular weight excluding hydrogens is 324 g/mol. The van der Waals surface area contributed by atoms with E-state index in [1.54, 1.807) is 0 Å². The van der Waals surface area contributed by atoms with Gasteiger partial charge in [-0.05, 0) is 12.8 Å². The highest BCUT2D eigenvalue weighted by molar-refractivity contribution is 7.45. The first-order chi connectivity index (χ1) is 8.79. The van der Waals surface area contributed by atoms with Crippen LogP contribution in [0.5, 0.6) is 0 Å². The Morgan fingerprint density at radius 3 is 2.20 bits per heavy atom. The third-order valence-electron chi connectivity index (χ3n) is 2.50. The van der Waals surface area contributed by atoms with Gasteiger partial charge in [-0.3, -0.25) is 4.57 Å². The number of rotatable bonds is 3. The van der Waals surface area contributed by atoms with Crippen LogP contribution >= 0.6 is 7.82 Å². The average Bonchev–Trinajstić information content (AvgIpc) is 2.36. The summed E-state index contributed by atoms with van der Waals surface area (Å²) in [6.45, 7) is -0.418. The van der Waals surface area contributed by atoms with Crippen molar-refractivity contribution in [1.29, 1.82) is 0 Å². The first-order valence-corrected chi connectivity index (χ1v) is 6.71. The van der Waals surface area contributed by atoms with Gasteiger partial charge in [-0.15, -0.1) is 0 Å². The fourth-order valence-electron chi connectivity index (χ4n) is 1.51. The Morgan fingerprint density at radius 2 is 1.70 bits per heavy atom. The summed E-state index contributed by atoms with van der Waals surface area (Å²) in [5.74, 6) is -11.8. The van der Waals surface area contributed by atoms with E-state index < -0.39 is 51.4 Å². The quantitative estimate of drug-likeness (QED) is 0.589. The van der Waals surface area contributed by atoms with Gasteiger partial charge in [0.25, 0.3) is 7.82 Å². The summed E-state index contributed by atoms with van der Waals surface area (Å²) in [5.41, 5.74) is 0. The molecule has 0 spiro atoms. The molecule has 1 rings (SSSR count). The highest BCUT2D eigenvalue weighted by Gasteiger charge is 2.73. The van der Waals surface area contributed by atoms with Crippen molar-refractivity contribution in [2.45, 2.75) is 43.4 Å². The Balaban J connectivity index is 2.87. The van der Waals surface area contributed by atoms with Crippen LogP contribution in [0.1, 0.15) is 19.3 Å². The van der Waals surface area contributed by atoms with Gasteiger partial charge in [0, 0.05) is 6.42 Å². The molecule has 1 heterocycles. The highest BCUT2D eigenvalue weighted by Crippen LogP contribution is 2.51. The Bertz CT molecular complexity index is 397. The van der Waals surface area contributed by atoms with Gasteiger partial charge in [-0.25, -0.2) is 0 Å². The van der Waals surface area contributed by atoms with E-state index in [2.05, 4.69) is 9.05 Å². The van der Waals surface area contributed by atoms with Crippen molar-refractivity contribution in [1.82, 2.24) is 0 Å². The van der Waals surface area contributed by atoms with Crippen LogP contribution in [0.15, 0.2) is 0 Å². The minimum absolute atomic E-state index is 0.134. The second kappa shape index (κ2) is 5.43. The van der Waals surface area contributed by atoms with Crippen LogP contribution in [0.3, 0.4) is 0 Å². The molecule has 2 atom stereocenters. The van der Waals surface area contributed by atoms with Crippen molar-refractivity contribution in [2.24, 2.45) is 0 Å². The molecule has 0 amide bonds. The topological polar surface area (TPSA) is 58.6 Å². The zero-order chi connectivity index (χ0) is 15.8. The third-order valence-corrected chi connectivity index (χ3v) is 3.55. The van der Waals surface area contributed by atoms with E-state index in [0.717, 1.165) is 0 Å². The van der Waals surface area contributed by atoms with Gasteiger partial charge in [-0.2, -0.15) is 30.7 Å². The van der Waals surface area contributed by atoms with E-state index >= 15 is 0 Å². The van der Waals surface area contributed by atoms with Gasteiger partial charge >= 0.3 is 18.0 Å².